The van der Waals surface area contributed by atoms with Gasteiger partial charge < -0.3 is 9.47 Å². The number of benzene rings is 1. The first-order valence-electron chi connectivity index (χ1n) is 9.59. The van der Waals surface area contributed by atoms with E-state index in [1.54, 1.807) is 14.2 Å². The number of nitrogens with zero attached hydrogens (tertiary/aromatic N) is 2. The number of hydrogen-bond donors (Lipinski definition) is 0. The van der Waals surface area contributed by atoms with Crippen LogP contribution in [0.1, 0.15) is 31.2 Å². The molecule has 1 saturated heterocycles. The number of carbonyl (C=O) groups is 1. The molecule has 144 valence electrons. The van der Waals surface area contributed by atoms with Gasteiger partial charge in [-0.1, -0.05) is 12.2 Å². The van der Waals surface area contributed by atoms with Crippen LogP contribution < -0.4 is 9.47 Å². The summed E-state index contributed by atoms with van der Waals surface area (Å²) < 4.78 is 10.9. The molecule has 0 spiro atoms. The number of carbonyl (C=O) groups excluding carboxylic acids is 1. The summed E-state index contributed by atoms with van der Waals surface area (Å²) in [6.45, 7) is 0. The van der Waals surface area contributed by atoms with Crippen molar-refractivity contribution in [2.24, 2.45) is 16.9 Å². The average Bonchev–Trinajstić information content (AvgIpc) is 2.74. The van der Waals surface area contributed by atoms with Crippen molar-refractivity contribution in [3.05, 3.63) is 35.9 Å². The van der Waals surface area contributed by atoms with Gasteiger partial charge in [-0.25, -0.2) is 5.01 Å². The van der Waals surface area contributed by atoms with E-state index >= 15 is 0 Å². The van der Waals surface area contributed by atoms with E-state index < -0.39 is 0 Å². The van der Waals surface area contributed by atoms with Crippen molar-refractivity contribution in [1.82, 2.24) is 5.01 Å². The average molecular weight is 387 g/mol. The van der Waals surface area contributed by atoms with E-state index in [0.717, 1.165) is 48.5 Å². The second kappa shape index (κ2) is 7.97. The van der Waals surface area contributed by atoms with Crippen molar-refractivity contribution in [2.45, 2.75) is 31.7 Å². The van der Waals surface area contributed by atoms with Crippen LogP contribution in [-0.4, -0.2) is 48.4 Å². The highest BCUT2D eigenvalue weighted by Gasteiger charge is 2.42. The van der Waals surface area contributed by atoms with Crippen LogP contribution in [-0.2, 0) is 4.79 Å². The molecule has 0 radical (unpaired) electrons. The Bertz CT molecular complexity index is 771. The maximum Gasteiger partial charge on any atom is 0.247 e. The van der Waals surface area contributed by atoms with Crippen LogP contribution in [0, 0.1) is 11.8 Å². The Morgan fingerprint density at radius 3 is 2.44 bits per heavy atom. The molecule has 4 rings (SSSR count). The first-order chi connectivity index (χ1) is 13.2. The molecular formula is C21H26N2O3S. The van der Waals surface area contributed by atoms with Gasteiger partial charge in [0.05, 0.1) is 31.9 Å². The molecule has 2 unspecified atom stereocenters. The van der Waals surface area contributed by atoms with Gasteiger partial charge in [-0.15, -0.1) is 0 Å². The Balaban J connectivity index is 1.75. The molecule has 2 aliphatic heterocycles. The number of hydrazone groups is 1. The molecule has 2 atom stereocenters. The lowest BCUT2D eigenvalue weighted by atomic mass is 9.76. The molecule has 0 saturated carbocycles. The smallest absolute Gasteiger partial charge is 0.247 e. The van der Waals surface area contributed by atoms with E-state index in [1.165, 1.54) is 0 Å². The molecule has 2 heterocycles. The fourth-order valence-electron chi connectivity index (χ4n) is 4.26. The van der Waals surface area contributed by atoms with Gasteiger partial charge >= 0.3 is 0 Å². The predicted octanol–water partition coefficient (Wildman–Crippen LogP) is 3.73. The Morgan fingerprint density at radius 1 is 1.04 bits per heavy atom. The van der Waals surface area contributed by atoms with Gasteiger partial charge in [0.25, 0.3) is 0 Å². The Hall–Kier alpha value is -1.95. The fraction of sp³-hybridized carbons (Fsp3) is 0.524. The van der Waals surface area contributed by atoms with Crippen LogP contribution in [0.4, 0.5) is 0 Å². The molecule has 0 bridgehead atoms. The highest BCUT2D eigenvalue weighted by atomic mass is 32.2. The molecule has 0 N–H and O–H groups in total. The monoisotopic (exact) mass is 386 g/mol. The summed E-state index contributed by atoms with van der Waals surface area (Å²) in [5, 5.41) is 6.74. The zero-order valence-electron chi connectivity index (χ0n) is 15.9. The van der Waals surface area contributed by atoms with Crippen molar-refractivity contribution in [1.29, 1.82) is 0 Å². The second-order valence-corrected chi connectivity index (χ2v) is 8.46. The van der Waals surface area contributed by atoms with Gasteiger partial charge in [-0.2, -0.15) is 16.9 Å². The van der Waals surface area contributed by atoms with Crippen LogP contribution in [0.25, 0.3) is 0 Å². The van der Waals surface area contributed by atoms with Crippen LogP contribution >= 0.6 is 11.8 Å². The lowest BCUT2D eigenvalue weighted by molar-refractivity contribution is -0.140. The lowest BCUT2D eigenvalue weighted by Crippen LogP contribution is -2.50. The summed E-state index contributed by atoms with van der Waals surface area (Å²) in [5.74, 6) is 3.92. The molecule has 3 aliphatic rings. The number of thioether (sulfide) groups is 1. The summed E-state index contributed by atoms with van der Waals surface area (Å²) in [6, 6.07) is 6.15. The summed E-state index contributed by atoms with van der Waals surface area (Å²) in [4.78, 5) is 13.2. The Kier molecular flexibility index (Phi) is 5.43. The van der Waals surface area contributed by atoms with Crippen molar-refractivity contribution in [3.63, 3.8) is 0 Å². The fourth-order valence-corrected chi connectivity index (χ4v) is 5.34. The van der Waals surface area contributed by atoms with Gasteiger partial charge in [0.1, 0.15) is 0 Å². The molecule has 1 fully saturated rings. The van der Waals surface area contributed by atoms with E-state index in [9.17, 15) is 4.79 Å². The third kappa shape index (κ3) is 3.47. The predicted molar refractivity (Wildman–Crippen MR) is 109 cm³/mol. The van der Waals surface area contributed by atoms with Gasteiger partial charge in [0.15, 0.2) is 11.5 Å². The molecular weight excluding hydrogens is 360 g/mol. The van der Waals surface area contributed by atoms with Crippen molar-refractivity contribution >= 4 is 23.4 Å². The molecule has 6 heteroatoms. The van der Waals surface area contributed by atoms with E-state index in [-0.39, 0.29) is 23.8 Å². The second-order valence-electron chi connectivity index (χ2n) is 7.24. The highest BCUT2D eigenvalue weighted by Crippen LogP contribution is 2.38. The van der Waals surface area contributed by atoms with E-state index in [0.29, 0.717) is 11.5 Å². The first kappa shape index (κ1) is 18.4. The van der Waals surface area contributed by atoms with Crippen molar-refractivity contribution < 1.29 is 14.3 Å². The standard InChI is InChI=1S/C21H26N2O3S/c1-25-18-8-7-14(13-19(18)26-2)20-16-5-3-4-6-17(16)21(24)23(22-20)15-9-11-27-12-10-15/h3-4,7-8,13,15-17H,5-6,9-12H2,1-2H3. The number of fused-ring (bicyclic) bond motifs is 1. The molecule has 1 amide bonds. The molecule has 1 aromatic rings. The number of allylic oxidation sites excluding steroid dienone is 2. The molecule has 5 nitrogen and oxygen atoms in total. The molecule has 1 aliphatic carbocycles. The quantitative estimate of drug-likeness (QED) is 0.740. The van der Waals surface area contributed by atoms with E-state index in [2.05, 4.69) is 12.2 Å². The minimum atomic E-state index is -0.00910. The SMILES string of the molecule is COc1ccc(C2=NN(C3CCSCC3)C(=O)C3CC=CCC23)cc1OC. The van der Waals surface area contributed by atoms with E-state index in [4.69, 9.17) is 14.6 Å². The Labute approximate surface area is 164 Å². The highest BCUT2D eigenvalue weighted by molar-refractivity contribution is 7.99. The maximum atomic E-state index is 13.2. The lowest BCUT2D eigenvalue weighted by Gasteiger charge is -2.41. The summed E-state index contributed by atoms with van der Waals surface area (Å²) in [7, 11) is 3.28. The summed E-state index contributed by atoms with van der Waals surface area (Å²) >= 11 is 1.96. The number of hydrogen-bond acceptors (Lipinski definition) is 5. The van der Waals surface area contributed by atoms with E-state index in [1.807, 2.05) is 35.0 Å². The summed E-state index contributed by atoms with van der Waals surface area (Å²) in [6.07, 6.45) is 8.02. The summed E-state index contributed by atoms with van der Waals surface area (Å²) in [5.41, 5.74) is 2.02. The zero-order valence-corrected chi connectivity index (χ0v) is 16.7. The van der Waals surface area contributed by atoms with Gasteiger partial charge in [-0.05, 0) is 55.4 Å². The van der Waals surface area contributed by atoms with Crippen LogP contribution in [0.5, 0.6) is 11.5 Å². The van der Waals surface area contributed by atoms with Crippen molar-refractivity contribution in [2.75, 3.05) is 25.7 Å². The van der Waals surface area contributed by atoms with Gasteiger partial charge in [-0.3, -0.25) is 4.79 Å². The Morgan fingerprint density at radius 2 is 1.74 bits per heavy atom. The maximum absolute atomic E-state index is 13.2. The van der Waals surface area contributed by atoms with Gasteiger partial charge in [0, 0.05) is 11.5 Å². The number of methoxy groups -OCH3 is 2. The normalized spacial score (nSPS) is 25.8. The first-order valence-corrected chi connectivity index (χ1v) is 10.7. The topological polar surface area (TPSA) is 51.1 Å². The molecule has 0 aromatic heterocycles. The minimum Gasteiger partial charge on any atom is -0.493 e. The van der Waals surface area contributed by atoms with Crippen LogP contribution in [0.2, 0.25) is 0 Å². The molecule has 1 aromatic carbocycles. The zero-order chi connectivity index (χ0) is 18.8. The third-order valence-corrected chi connectivity index (χ3v) is 6.81. The van der Waals surface area contributed by atoms with Gasteiger partial charge in [0.2, 0.25) is 5.91 Å². The number of amides is 1. The largest absolute Gasteiger partial charge is 0.493 e. The van der Waals surface area contributed by atoms with Crippen LogP contribution in [0.3, 0.4) is 0 Å². The van der Waals surface area contributed by atoms with Crippen LogP contribution in [0.15, 0.2) is 35.5 Å². The number of ether oxygens (including phenoxy) is 2. The minimum absolute atomic E-state index is 0.00910. The third-order valence-electron chi connectivity index (χ3n) is 5.76. The van der Waals surface area contributed by atoms with Crippen molar-refractivity contribution in [3.8, 4) is 11.5 Å². The molecule has 27 heavy (non-hydrogen) atoms. The number of rotatable bonds is 4.